The number of nitrogens with zero attached hydrogens (tertiary/aromatic N) is 3. The Morgan fingerprint density at radius 3 is 2.47 bits per heavy atom. The van der Waals surface area contributed by atoms with E-state index in [9.17, 15) is 32.7 Å². The lowest BCUT2D eigenvalue weighted by atomic mass is 10.0. The molecule has 2 heterocycles. The van der Waals surface area contributed by atoms with E-state index in [1.807, 2.05) is 0 Å². The highest BCUT2D eigenvalue weighted by Crippen LogP contribution is 2.27. The van der Waals surface area contributed by atoms with Crippen LogP contribution in [0.3, 0.4) is 0 Å². The molecule has 11 heteroatoms. The van der Waals surface area contributed by atoms with Crippen molar-refractivity contribution in [3.8, 4) is 0 Å². The summed E-state index contributed by atoms with van der Waals surface area (Å²) in [7, 11) is 0. The van der Waals surface area contributed by atoms with Gasteiger partial charge in [0, 0.05) is 43.9 Å². The summed E-state index contributed by atoms with van der Waals surface area (Å²) in [6.45, 7) is 0.198. The summed E-state index contributed by atoms with van der Waals surface area (Å²) in [6, 6.07) is 7.19. The average Bonchev–Trinajstić information content (AvgIpc) is 3.21. The number of anilines is 1. The third-order valence-electron chi connectivity index (χ3n) is 6.44. The maximum absolute atomic E-state index is 14.0. The Kier molecular flexibility index (Phi) is 7.60. The second-order valence-corrected chi connectivity index (χ2v) is 9.17. The van der Waals surface area contributed by atoms with Crippen LogP contribution in [0.5, 0.6) is 0 Å². The molecule has 0 aromatic heterocycles. The lowest BCUT2D eigenvalue weighted by Gasteiger charge is -2.25. The number of aliphatic hydroxyl groups is 1. The largest absolute Gasteiger partial charge is 0.391 e. The third-order valence-corrected chi connectivity index (χ3v) is 6.44. The highest BCUT2D eigenvalue weighted by molar-refractivity contribution is 6.02. The number of fused-ring (bicyclic) bond motifs is 1. The van der Waals surface area contributed by atoms with Gasteiger partial charge >= 0.3 is 0 Å². The molecule has 2 aliphatic heterocycles. The predicted octanol–water partition coefficient (Wildman–Crippen LogP) is 1.33. The number of hydrogen-bond acceptors (Lipinski definition) is 5. The van der Waals surface area contributed by atoms with Crippen molar-refractivity contribution in [3.05, 3.63) is 65.0 Å². The van der Waals surface area contributed by atoms with E-state index >= 15 is 0 Å². The molecular weight excluding hydrogens is 477 g/mol. The molecule has 36 heavy (non-hydrogen) atoms. The highest BCUT2D eigenvalue weighted by atomic mass is 19.2. The number of amides is 3. The number of carbonyl (C=O) groups is 3. The van der Waals surface area contributed by atoms with Gasteiger partial charge < -0.3 is 25.5 Å². The van der Waals surface area contributed by atoms with Crippen LogP contribution in [0.25, 0.3) is 0 Å². The average molecular weight is 505 g/mol. The molecule has 0 spiro atoms. The first-order valence-electron chi connectivity index (χ1n) is 11.6. The number of rotatable bonds is 6. The third kappa shape index (κ3) is 5.68. The molecule has 8 nitrogen and oxygen atoms in total. The van der Waals surface area contributed by atoms with Gasteiger partial charge in [-0.25, -0.2) is 13.2 Å². The Balaban J connectivity index is 1.46. The lowest BCUT2D eigenvalue weighted by molar-refractivity contribution is -0.136. The van der Waals surface area contributed by atoms with E-state index in [1.165, 1.54) is 14.7 Å². The molecule has 1 saturated heterocycles. The van der Waals surface area contributed by atoms with Crippen LogP contribution < -0.4 is 10.6 Å². The van der Waals surface area contributed by atoms with E-state index in [0.29, 0.717) is 30.3 Å². The van der Waals surface area contributed by atoms with Gasteiger partial charge in [-0.05, 0) is 36.1 Å². The number of likely N-dealkylation sites (tertiary alicyclic amines) is 1. The summed E-state index contributed by atoms with van der Waals surface area (Å²) in [5.74, 6) is -4.71. The Labute approximate surface area is 206 Å². The van der Waals surface area contributed by atoms with Crippen molar-refractivity contribution < 1.29 is 32.7 Å². The van der Waals surface area contributed by atoms with Gasteiger partial charge in [0.15, 0.2) is 11.6 Å². The number of para-hydroxylation sites is 1. The van der Waals surface area contributed by atoms with Crippen molar-refractivity contribution in [1.29, 1.82) is 0 Å². The summed E-state index contributed by atoms with van der Waals surface area (Å²) in [4.78, 5) is 43.1. The zero-order valence-electron chi connectivity index (χ0n) is 19.5. The van der Waals surface area contributed by atoms with E-state index in [1.54, 1.807) is 24.3 Å². The molecule has 0 unspecified atom stereocenters. The second-order valence-electron chi connectivity index (χ2n) is 9.17. The lowest BCUT2D eigenvalue weighted by Crippen LogP contribution is -2.46. The van der Waals surface area contributed by atoms with E-state index in [2.05, 4.69) is 0 Å². The van der Waals surface area contributed by atoms with Crippen molar-refractivity contribution in [3.63, 3.8) is 0 Å². The van der Waals surface area contributed by atoms with Crippen LogP contribution in [0.1, 0.15) is 24.0 Å². The van der Waals surface area contributed by atoms with Crippen LogP contribution in [0.4, 0.5) is 18.9 Å². The van der Waals surface area contributed by atoms with Crippen LogP contribution in [-0.4, -0.2) is 71.0 Å². The number of nitrogens with two attached hydrogens (primary N) is 1. The SMILES string of the molecule is N[C@@H](CC(=O)N1CC(=O)N(CC(=O)N2CC[C@H](O)C2)c2ccccc2C1)Cc1cc(F)c(F)cc1F. The molecule has 3 N–H and O–H groups in total. The van der Waals surface area contributed by atoms with Crippen molar-refractivity contribution in [2.45, 2.75) is 38.0 Å². The van der Waals surface area contributed by atoms with Crippen LogP contribution in [-0.2, 0) is 27.3 Å². The van der Waals surface area contributed by atoms with E-state index in [-0.39, 0.29) is 50.5 Å². The Morgan fingerprint density at radius 1 is 1.03 bits per heavy atom. The van der Waals surface area contributed by atoms with Gasteiger partial charge in [-0.15, -0.1) is 0 Å². The zero-order chi connectivity index (χ0) is 26.0. The van der Waals surface area contributed by atoms with Gasteiger partial charge in [0.05, 0.1) is 6.10 Å². The van der Waals surface area contributed by atoms with Crippen LogP contribution in [0.15, 0.2) is 36.4 Å². The molecule has 3 amide bonds. The first-order chi connectivity index (χ1) is 17.1. The van der Waals surface area contributed by atoms with E-state index < -0.39 is 41.4 Å². The molecule has 0 radical (unpaired) electrons. The maximum Gasteiger partial charge on any atom is 0.247 e. The topological polar surface area (TPSA) is 107 Å². The van der Waals surface area contributed by atoms with Gasteiger partial charge in [0.2, 0.25) is 17.7 Å². The minimum Gasteiger partial charge on any atom is -0.391 e. The number of hydrogen-bond donors (Lipinski definition) is 2. The Hall–Kier alpha value is -3.44. The zero-order valence-corrected chi connectivity index (χ0v) is 19.5. The van der Waals surface area contributed by atoms with Crippen LogP contribution in [0, 0.1) is 17.5 Å². The quantitative estimate of drug-likeness (QED) is 0.578. The van der Waals surface area contributed by atoms with Crippen molar-refractivity contribution in [2.75, 3.05) is 31.1 Å². The predicted molar refractivity (Wildman–Crippen MR) is 124 cm³/mol. The molecule has 192 valence electrons. The molecule has 0 bridgehead atoms. The molecular formula is C25H27F3N4O4. The van der Waals surface area contributed by atoms with Crippen molar-refractivity contribution in [1.82, 2.24) is 9.80 Å². The summed E-state index contributed by atoms with van der Waals surface area (Å²) in [6.07, 6.45) is -0.556. The van der Waals surface area contributed by atoms with Crippen molar-refractivity contribution >= 4 is 23.4 Å². The standard InChI is InChI=1S/C25H27F3N4O4/c26-19-10-21(28)20(27)8-16(19)7-17(29)9-23(34)31-11-15-3-1-2-4-22(15)32(25(36)13-31)14-24(35)30-6-5-18(33)12-30/h1-4,8,10,17-18,33H,5-7,9,11-14,29H2/t17-,18+/m1/s1. The molecule has 0 saturated carbocycles. The molecule has 2 atom stereocenters. The minimum atomic E-state index is -1.31. The van der Waals surface area contributed by atoms with Crippen LogP contribution in [0.2, 0.25) is 0 Å². The summed E-state index contributed by atoms with van der Waals surface area (Å²) < 4.78 is 40.7. The number of benzene rings is 2. The van der Waals surface area contributed by atoms with E-state index in [4.69, 9.17) is 5.73 Å². The van der Waals surface area contributed by atoms with Crippen molar-refractivity contribution in [2.24, 2.45) is 5.73 Å². The number of halogens is 3. The molecule has 4 rings (SSSR count). The second kappa shape index (κ2) is 10.7. The molecule has 1 fully saturated rings. The first kappa shape index (κ1) is 25.6. The smallest absolute Gasteiger partial charge is 0.247 e. The van der Waals surface area contributed by atoms with E-state index in [0.717, 1.165) is 6.07 Å². The van der Waals surface area contributed by atoms with Gasteiger partial charge in [-0.2, -0.15) is 0 Å². The Bertz CT molecular complexity index is 1180. The van der Waals surface area contributed by atoms with Crippen LogP contribution >= 0.6 is 0 Å². The fourth-order valence-corrected chi connectivity index (χ4v) is 4.53. The molecule has 2 aromatic carbocycles. The minimum absolute atomic E-state index is 0.0973. The fourth-order valence-electron chi connectivity index (χ4n) is 4.53. The first-order valence-corrected chi connectivity index (χ1v) is 11.6. The highest BCUT2D eigenvalue weighted by Gasteiger charge is 2.33. The molecule has 2 aliphatic rings. The number of β-amino-alcohol motifs (C(OH)–C–C–N with tert-alkyl or cyclic N) is 1. The monoisotopic (exact) mass is 504 g/mol. The van der Waals surface area contributed by atoms with Gasteiger partial charge in [-0.1, -0.05) is 18.2 Å². The normalized spacial score (nSPS) is 18.8. The summed E-state index contributed by atoms with van der Waals surface area (Å²) >= 11 is 0. The fraction of sp³-hybridized carbons (Fsp3) is 0.400. The van der Waals surface area contributed by atoms with Gasteiger partial charge in [0.1, 0.15) is 18.9 Å². The maximum atomic E-state index is 14.0. The summed E-state index contributed by atoms with van der Waals surface area (Å²) in [5.41, 5.74) is 7.04. The molecule has 2 aromatic rings. The number of aliphatic hydroxyl groups excluding tert-OH is 1. The summed E-state index contributed by atoms with van der Waals surface area (Å²) in [5, 5.41) is 9.73. The molecule has 0 aliphatic carbocycles. The number of carbonyl (C=O) groups excluding carboxylic acids is 3. The van der Waals surface area contributed by atoms with Gasteiger partial charge in [0.25, 0.3) is 0 Å². The van der Waals surface area contributed by atoms with Gasteiger partial charge in [-0.3, -0.25) is 14.4 Å². The Morgan fingerprint density at radius 2 is 1.75 bits per heavy atom.